The van der Waals surface area contributed by atoms with E-state index < -0.39 is 47.0 Å². The number of hydrogen-bond acceptors (Lipinski definition) is 9. The summed E-state index contributed by atoms with van der Waals surface area (Å²) in [4.78, 5) is 81.3. The molecule has 256 valence electrons. The summed E-state index contributed by atoms with van der Waals surface area (Å²) in [6.07, 6.45) is 2.42. The molecule has 0 aromatic carbocycles. The number of aromatic nitrogens is 3. The summed E-state index contributed by atoms with van der Waals surface area (Å²) in [7, 11) is 3.16. The van der Waals surface area contributed by atoms with Gasteiger partial charge >= 0.3 is 12.2 Å². The highest BCUT2D eigenvalue weighted by atomic mass is 16.6. The molecule has 0 aliphatic rings. The molecule has 6 amide bonds. The molecule has 0 saturated carbocycles. The second kappa shape index (κ2) is 14.3. The number of aryl methyl sites for hydroxylation is 2. The molecular formula is C32H40N8O8. The number of nitrogens with zero attached hydrogens (tertiary/aromatic N) is 5. The van der Waals surface area contributed by atoms with Crippen molar-refractivity contribution in [1.29, 1.82) is 5.26 Å². The van der Waals surface area contributed by atoms with Crippen LogP contribution in [0.4, 0.5) is 26.7 Å². The van der Waals surface area contributed by atoms with E-state index in [0.29, 0.717) is 0 Å². The SMILES string of the molecule is CC(=O)N(C(=O)OC(C)(C)C)c1c[nH]c(C(=O)Nc2cc(C(=O)Nc3cc(C(=O)N(CCC#N)C(=O)OC(C)(C)C)n(C)c3)n(C)c2)c1. The predicted molar refractivity (Wildman–Crippen MR) is 174 cm³/mol. The van der Waals surface area contributed by atoms with Crippen molar-refractivity contribution in [1.82, 2.24) is 19.0 Å². The molecule has 0 saturated heterocycles. The van der Waals surface area contributed by atoms with Crippen molar-refractivity contribution in [2.45, 2.75) is 66.1 Å². The Kier molecular flexibility index (Phi) is 10.9. The first-order valence-electron chi connectivity index (χ1n) is 14.8. The number of nitriles is 1. The number of amides is 6. The third kappa shape index (κ3) is 9.34. The van der Waals surface area contributed by atoms with Gasteiger partial charge in [-0.1, -0.05) is 0 Å². The molecule has 0 fully saturated rings. The highest BCUT2D eigenvalue weighted by Gasteiger charge is 2.30. The Bertz CT molecular complexity index is 1780. The maximum absolute atomic E-state index is 13.3. The zero-order valence-corrected chi connectivity index (χ0v) is 28.4. The van der Waals surface area contributed by atoms with Gasteiger partial charge in [0.2, 0.25) is 5.91 Å². The zero-order valence-electron chi connectivity index (χ0n) is 28.4. The molecule has 3 rings (SSSR count). The molecule has 0 bridgehead atoms. The van der Waals surface area contributed by atoms with Crippen LogP contribution in [0.5, 0.6) is 0 Å². The van der Waals surface area contributed by atoms with Crippen LogP contribution in [0.15, 0.2) is 36.8 Å². The number of carbonyl (C=O) groups is 6. The van der Waals surface area contributed by atoms with Gasteiger partial charge in [0.25, 0.3) is 17.7 Å². The average Bonchev–Trinajstić information content (AvgIpc) is 3.65. The third-order valence-corrected chi connectivity index (χ3v) is 6.35. The zero-order chi connectivity index (χ0) is 36.1. The van der Waals surface area contributed by atoms with Gasteiger partial charge in [0.1, 0.15) is 28.3 Å². The Labute approximate surface area is 277 Å². The highest BCUT2D eigenvalue weighted by molar-refractivity contribution is 6.13. The topological polar surface area (TPSA) is 201 Å². The molecule has 3 aromatic rings. The molecule has 0 atom stereocenters. The van der Waals surface area contributed by atoms with Crippen molar-refractivity contribution in [3.8, 4) is 6.07 Å². The smallest absolute Gasteiger partial charge is 0.421 e. The fraction of sp³-hybridized carbons (Fsp3) is 0.406. The molecule has 3 heterocycles. The fourth-order valence-corrected chi connectivity index (χ4v) is 4.36. The molecule has 3 N–H and O–H groups in total. The molecule has 0 unspecified atom stereocenters. The lowest BCUT2D eigenvalue weighted by Crippen LogP contribution is -2.42. The lowest BCUT2D eigenvalue weighted by molar-refractivity contribution is -0.116. The average molecular weight is 665 g/mol. The summed E-state index contributed by atoms with van der Waals surface area (Å²) >= 11 is 0. The molecule has 0 aliphatic carbocycles. The van der Waals surface area contributed by atoms with Crippen LogP contribution < -0.4 is 15.5 Å². The van der Waals surface area contributed by atoms with E-state index in [9.17, 15) is 28.8 Å². The first-order chi connectivity index (χ1) is 22.2. The number of imide groups is 2. The summed E-state index contributed by atoms with van der Waals surface area (Å²) in [5.41, 5.74) is -0.830. The Morgan fingerprint density at radius 3 is 1.90 bits per heavy atom. The first-order valence-corrected chi connectivity index (χ1v) is 14.8. The number of rotatable bonds is 8. The van der Waals surface area contributed by atoms with Crippen LogP contribution in [0.3, 0.4) is 0 Å². The second-order valence-electron chi connectivity index (χ2n) is 12.8. The summed E-state index contributed by atoms with van der Waals surface area (Å²) < 4.78 is 13.5. The minimum absolute atomic E-state index is 0.0336. The van der Waals surface area contributed by atoms with E-state index in [2.05, 4.69) is 15.6 Å². The van der Waals surface area contributed by atoms with Crippen LogP contribution in [-0.2, 0) is 28.4 Å². The Hall–Kier alpha value is -5.85. The van der Waals surface area contributed by atoms with Gasteiger partial charge in [0, 0.05) is 46.2 Å². The summed E-state index contributed by atoms with van der Waals surface area (Å²) in [6.45, 7) is 11.0. The lowest BCUT2D eigenvalue weighted by atomic mass is 10.2. The first kappa shape index (κ1) is 36.6. The van der Waals surface area contributed by atoms with E-state index in [4.69, 9.17) is 14.7 Å². The number of anilines is 3. The van der Waals surface area contributed by atoms with Crippen LogP contribution in [-0.4, -0.2) is 72.6 Å². The minimum atomic E-state index is -0.900. The van der Waals surface area contributed by atoms with Crippen molar-refractivity contribution < 1.29 is 38.2 Å². The molecule has 0 spiro atoms. The summed E-state index contributed by atoms with van der Waals surface area (Å²) in [5, 5.41) is 14.4. The standard InChI is InChI=1S/C32H40N8O8/c1-19(41)40(30(46)48-32(5,6)7)22-15-23(34-16-22)26(42)35-20-13-24(37(8)17-20)27(43)36-21-14-25(38(9)18-21)28(44)39(12-10-11-33)29(45)47-31(2,3)4/h13-18,34H,10,12H2,1-9H3,(H,35,42)(H,36,43). The molecular weight excluding hydrogens is 624 g/mol. The molecule has 16 nitrogen and oxygen atoms in total. The highest BCUT2D eigenvalue weighted by Crippen LogP contribution is 2.23. The van der Waals surface area contributed by atoms with E-state index in [1.165, 1.54) is 52.8 Å². The van der Waals surface area contributed by atoms with Crippen LogP contribution >= 0.6 is 0 Å². The maximum Gasteiger partial charge on any atom is 0.421 e. The van der Waals surface area contributed by atoms with Gasteiger partial charge in [-0.3, -0.25) is 19.2 Å². The van der Waals surface area contributed by atoms with E-state index in [0.717, 1.165) is 9.80 Å². The van der Waals surface area contributed by atoms with Gasteiger partial charge in [0.05, 0.1) is 29.6 Å². The van der Waals surface area contributed by atoms with Gasteiger partial charge in [-0.25, -0.2) is 19.4 Å². The number of aromatic amines is 1. The number of nitrogens with one attached hydrogen (secondary N) is 3. The maximum atomic E-state index is 13.3. The molecule has 0 radical (unpaired) electrons. The third-order valence-electron chi connectivity index (χ3n) is 6.35. The molecule has 0 aliphatic heterocycles. The monoisotopic (exact) mass is 664 g/mol. The summed E-state index contributed by atoms with van der Waals surface area (Å²) in [5.74, 6) is -2.49. The molecule has 3 aromatic heterocycles. The number of H-pyrrole nitrogens is 1. The van der Waals surface area contributed by atoms with E-state index >= 15 is 0 Å². The number of hydrogen-bond donors (Lipinski definition) is 3. The van der Waals surface area contributed by atoms with Crippen molar-refractivity contribution >= 4 is 52.9 Å². The Balaban J connectivity index is 1.74. The van der Waals surface area contributed by atoms with Crippen molar-refractivity contribution in [2.75, 3.05) is 22.1 Å². The van der Waals surface area contributed by atoms with Gasteiger partial charge in [-0.2, -0.15) is 5.26 Å². The van der Waals surface area contributed by atoms with Crippen molar-refractivity contribution in [2.24, 2.45) is 14.1 Å². The van der Waals surface area contributed by atoms with Crippen LogP contribution in [0.2, 0.25) is 0 Å². The normalized spacial score (nSPS) is 11.2. The van der Waals surface area contributed by atoms with Crippen molar-refractivity contribution in [3.63, 3.8) is 0 Å². The number of carbonyl (C=O) groups excluding carboxylic acids is 6. The van der Waals surface area contributed by atoms with Crippen LogP contribution in [0, 0.1) is 11.3 Å². The molecule has 16 heteroatoms. The Morgan fingerprint density at radius 1 is 0.833 bits per heavy atom. The van der Waals surface area contributed by atoms with Gasteiger partial charge in [0.15, 0.2) is 0 Å². The fourth-order valence-electron chi connectivity index (χ4n) is 4.36. The van der Waals surface area contributed by atoms with Crippen LogP contribution in [0.25, 0.3) is 0 Å². The van der Waals surface area contributed by atoms with Gasteiger partial charge in [-0.05, 0) is 59.7 Å². The Morgan fingerprint density at radius 2 is 1.35 bits per heavy atom. The van der Waals surface area contributed by atoms with E-state index in [1.807, 2.05) is 6.07 Å². The molecule has 48 heavy (non-hydrogen) atoms. The number of ether oxygens (including phenoxy) is 2. The van der Waals surface area contributed by atoms with Crippen molar-refractivity contribution in [3.05, 3.63) is 53.9 Å². The summed E-state index contributed by atoms with van der Waals surface area (Å²) in [6, 6.07) is 6.04. The van der Waals surface area contributed by atoms with Crippen LogP contribution in [0.1, 0.15) is 86.4 Å². The van der Waals surface area contributed by atoms with Gasteiger partial charge in [-0.15, -0.1) is 0 Å². The largest absolute Gasteiger partial charge is 0.443 e. The quantitative estimate of drug-likeness (QED) is 0.303. The van der Waals surface area contributed by atoms with E-state index in [1.54, 1.807) is 55.6 Å². The predicted octanol–water partition coefficient (Wildman–Crippen LogP) is 4.78. The van der Waals surface area contributed by atoms with Gasteiger partial charge < -0.3 is 34.2 Å². The second-order valence-corrected chi connectivity index (χ2v) is 12.8. The lowest BCUT2D eigenvalue weighted by Gasteiger charge is -2.25. The minimum Gasteiger partial charge on any atom is -0.443 e. The van der Waals surface area contributed by atoms with E-state index in [-0.39, 0.29) is 47.1 Å².